The summed E-state index contributed by atoms with van der Waals surface area (Å²) >= 11 is 5.74. The maximum Gasteiger partial charge on any atom is 0.126 e. The predicted molar refractivity (Wildman–Crippen MR) is 80.9 cm³/mol. The highest BCUT2D eigenvalue weighted by molar-refractivity contribution is 6.30. The van der Waals surface area contributed by atoms with Gasteiger partial charge in [0.1, 0.15) is 5.82 Å². The fraction of sp³-hybridized carbons (Fsp3) is 0.600. The number of aliphatic hydroxyl groups is 1. The normalized spacial score (nSPS) is 12.4. The summed E-state index contributed by atoms with van der Waals surface area (Å²) in [4.78, 5) is 0. The zero-order chi connectivity index (χ0) is 14.8. The minimum Gasteiger partial charge on any atom is -0.389 e. The van der Waals surface area contributed by atoms with Gasteiger partial charge < -0.3 is 15.2 Å². The highest BCUT2D eigenvalue weighted by Gasteiger charge is 2.05. The van der Waals surface area contributed by atoms with E-state index in [0.29, 0.717) is 23.9 Å². The molecule has 20 heavy (non-hydrogen) atoms. The van der Waals surface area contributed by atoms with Gasteiger partial charge in [0.25, 0.3) is 0 Å². The first-order valence-electron chi connectivity index (χ1n) is 7.07. The maximum absolute atomic E-state index is 13.1. The lowest BCUT2D eigenvalue weighted by atomic mass is 10.2. The minimum atomic E-state index is -0.622. The van der Waals surface area contributed by atoms with Crippen LogP contribution in [0.5, 0.6) is 0 Å². The standard InChI is InChI=1S/C15H23ClFNO2/c1-2-3-4-5-6-20-11-15(19)10-18-14-8-12(16)7-13(17)9-14/h7-9,15,18-19H,2-6,10-11H2,1H3. The Kier molecular flexibility index (Phi) is 8.58. The van der Waals surface area contributed by atoms with Crippen molar-refractivity contribution >= 4 is 17.3 Å². The molecular formula is C15H23ClFNO2. The molecule has 0 aromatic heterocycles. The molecule has 0 bridgehead atoms. The van der Waals surface area contributed by atoms with Crippen LogP contribution in [0.15, 0.2) is 18.2 Å². The molecule has 0 radical (unpaired) electrons. The average Bonchev–Trinajstić information content (AvgIpc) is 2.39. The van der Waals surface area contributed by atoms with E-state index in [1.165, 1.54) is 25.0 Å². The quantitative estimate of drug-likeness (QED) is 0.645. The van der Waals surface area contributed by atoms with Gasteiger partial charge in [0.2, 0.25) is 0 Å². The van der Waals surface area contributed by atoms with Gasteiger partial charge >= 0.3 is 0 Å². The van der Waals surface area contributed by atoms with E-state index in [4.69, 9.17) is 16.3 Å². The van der Waals surface area contributed by atoms with Crippen molar-refractivity contribution in [3.8, 4) is 0 Å². The third-order valence-corrected chi connectivity index (χ3v) is 3.08. The molecule has 1 rings (SSSR count). The second-order valence-corrected chi connectivity index (χ2v) is 5.26. The van der Waals surface area contributed by atoms with E-state index in [1.54, 1.807) is 6.07 Å². The van der Waals surface area contributed by atoms with Crippen LogP contribution in [-0.4, -0.2) is 31.0 Å². The number of hydrogen-bond acceptors (Lipinski definition) is 3. The summed E-state index contributed by atoms with van der Waals surface area (Å²) in [5, 5.41) is 13.0. The summed E-state index contributed by atoms with van der Waals surface area (Å²) < 4.78 is 18.5. The van der Waals surface area contributed by atoms with Crippen LogP contribution >= 0.6 is 11.6 Å². The van der Waals surface area contributed by atoms with Crippen LogP contribution in [-0.2, 0) is 4.74 Å². The van der Waals surface area contributed by atoms with Crippen molar-refractivity contribution in [3.63, 3.8) is 0 Å². The van der Waals surface area contributed by atoms with Crippen LogP contribution < -0.4 is 5.32 Å². The van der Waals surface area contributed by atoms with Crippen LogP contribution in [0.25, 0.3) is 0 Å². The SMILES string of the molecule is CCCCCCOCC(O)CNc1cc(F)cc(Cl)c1. The number of halogens is 2. The summed E-state index contributed by atoms with van der Waals surface area (Å²) in [6.07, 6.45) is 3.97. The first kappa shape index (κ1) is 17.2. The summed E-state index contributed by atoms with van der Waals surface area (Å²) in [5.41, 5.74) is 0.553. The number of nitrogens with one attached hydrogen (secondary N) is 1. The molecule has 0 spiro atoms. The Bertz CT molecular complexity index is 370. The molecule has 1 aromatic rings. The van der Waals surface area contributed by atoms with Crippen molar-refractivity contribution in [1.29, 1.82) is 0 Å². The molecule has 1 atom stereocenters. The molecule has 5 heteroatoms. The van der Waals surface area contributed by atoms with E-state index in [-0.39, 0.29) is 6.61 Å². The van der Waals surface area contributed by atoms with E-state index in [0.717, 1.165) is 12.8 Å². The van der Waals surface area contributed by atoms with E-state index in [1.807, 2.05) is 0 Å². The Morgan fingerprint density at radius 3 is 2.80 bits per heavy atom. The Morgan fingerprint density at radius 1 is 1.30 bits per heavy atom. The fourth-order valence-electron chi connectivity index (χ4n) is 1.80. The summed E-state index contributed by atoms with van der Waals surface area (Å²) in [6.45, 7) is 3.41. The zero-order valence-corrected chi connectivity index (χ0v) is 12.6. The maximum atomic E-state index is 13.1. The van der Waals surface area contributed by atoms with Crippen LogP contribution in [0.2, 0.25) is 5.02 Å². The van der Waals surface area contributed by atoms with Crippen molar-refractivity contribution in [2.45, 2.75) is 38.7 Å². The van der Waals surface area contributed by atoms with Gasteiger partial charge in [-0.3, -0.25) is 0 Å². The lowest BCUT2D eigenvalue weighted by Gasteiger charge is -2.13. The smallest absolute Gasteiger partial charge is 0.126 e. The van der Waals surface area contributed by atoms with E-state index in [2.05, 4.69) is 12.2 Å². The van der Waals surface area contributed by atoms with Gasteiger partial charge in [0.15, 0.2) is 0 Å². The largest absolute Gasteiger partial charge is 0.389 e. The van der Waals surface area contributed by atoms with Gasteiger partial charge in [-0.1, -0.05) is 37.8 Å². The van der Waals surface area contributed by atoms with Crippen LogP contribution in [0, 0.1) is 5.82 Å². The molecule has 0 aliphatic rings. The molecule has 1 unspecified atom stereocenters. The minimum absolute atomic E-state index is 0.280. The molecule has 0 aliphatic carbocycles. The zero-order valence-electron chi connectivity index (χ0n) is 11.9. The van der Waals surface area contributed by atoms with Crippen molar-refractivity contribution in [3.05, 3.63) is 29.0 Å². The van der Waals surface area contributed by atoms with Gasteiger partial charge in [-0.05, 0) is 24.6 Å². The molecule has 0 fully saturated rings. The molecular weight excluding hydrogens is 281 g/mol. The van der Waals surface area contributed by atoms with E-state index < -0.39 is 11.9 Å². The number of ether oxygens (including phenoxy) is 1. The number of hydrogen-bond donors (Lipinski definition) is 2. The molecule has 0 aliphatic heterocycles. The van der Waals surface area contributed by atoms with Crippen molar-refractivity contribution in [2.75, 3.05) is 25.1 Å². The molecule has 0 saturated heterocycles. The molecule has 3 nitrogen and oxygen atoms in total. The third kappa shape index (κ3) is 7.68. The number of rotatable bonds is 10. The topological polar surface area (TPSA) is 41.5 Å². The van der Waals surface area contributed by atoms with E-state index >= 15 is 0 Å². The van der Waals surface area contributed by atoms with Crippen molar-refractivity contribution < 1.29 is 14.2 Å². The lowest BCUT2D eigenvalue weighted by Crippen LogP contribution is -2.25. The fourth-order valence-corrected chi connectivity index (χ4v) is 2.02. The van der Waals surface area contributed by atoms with E-state index in [9.17, 15) is 9.50 Å². The number of unbranched alkanes of at least 4 members (excludes halogenated alkanes) is 3. The molecule has 2 N–H and O–H groups in total. The summed E-state index contributed by atoms with van der Waals surface area (Å²) in [7, 11) is 0. The van der Waals surface area contributed by atoms with Crippen LogP contribution in [0.3, 0.4) is 0 Å². The highest BCUT2D eigenvalue weighted by atomic mass is 35.5. The van der Waals surface area contributed by atoms with Gasteiger partial charge in [-0.2, -0.15) is 0 Å². The van der Waals surface area contributed by atoms with Crippen LogP contribution in [0.1, 0.15) is 32.6 Å². The lowest BCUT2D eigenvalue weighted by molar-refractivity contribution is 0.0417. The molecule has 0 heterocycles. The second-order valence-electron chi connectivity index (χ2n) is 4.83. The number of benzene rings is 1. The first-order valence-corrected chi connectivity index (χ1v) is 7.45. The average molecular weight is 304 g/mol. The van der Waals surface area contributed by atoms with Gasteiger partial charge in [0, 0.05) is 23.9 Å². The molecule has 1 aromatic carbocycles. The first-order chi connectivity index (χ1) is 9.61. The molecule has 114 valence electrons. The van der Waals surface area contributed by atoms with Crippen molar-refractivity contribution in [2.24, 2.45) is 0 Å². The Labute approximate surface area is 125 Å². The monoisotopic (exact) mass is 303 g/mol. The Morgan fingerprint density at radius 2 is 2.10 bits per heavy atom. The van der Waals surface area contributed by atoms with Gasteiger partial charge in [-0.25, -0.2) is 4.39 Å². The molecule has 0 saturated carbocycles. The van der Waals surface area contributed by atoms with Crippen LogP contribution in [0.4, 0.5) is 10.1 Å². The summed E-state index contributed by atoms with van der Waals surface area (Å²) in [5.74, 6) is -0.401. The van der Waals surface area contributed by atoms with Gasteiger partial charge in [-0.15, -0.1) is 0 Å². The summed E-state index contributed by atoms with van der Waals surface area (Å²) in [6, 6.07) is 4.19. The number of aliphatic hydroxyl groups excluding tert-OH is 1. The Balaban J connectivity index is 2.14. The highest BCUT2D eigenvalue weighted by Crippen LogP contribution is 2.17. The second kappa shape index (κ2) is 9.97. The third-order valence-electron chi connectivity index (χ3n) is 2.86. The number of anilines is 1. The van der Waals surface area contributed by atoms with Gasteiger partial charge in [0.05, 0.1) is 12.7 Å². The predicted octanol–water partition coefficient (Wildman–Crippen LogP) is 3.85. The molecule has 0 amide bonds. The Hall–Kier alpha value is -0.840. The van der Waals surface area contributed by atoms with Crippen molar-refractivity contribution in [1.82, 2.24) is 0 Å².